The highest BCUT2D eigenvalue weighted by Crippen LogP contribution is 2.26. The van der Waals surface area contributed by atoms with Crippen molar-refractivity contribution in [3.05, 3.63) is 40.8 Å². The number of aromatic amines is 1. The van der Waals surface area contributed by atoms with Crippen LogP contribution in [-0.2, 0) is 10.0 Å². The number of aromatic nitrogens is 2. The summed E-state index contributed by atoms with van der Waals surface area (Å²) in [6.07, 6.45) is 1.18. The summed E-state index contributed by atoms with van der Waals surface area (Å²) >= 11 is 5.81. The maximum Gasteiger partial charge on any atom is 0.339 e. The number of rotatable bonds is 5. The van der Waals surface area contributed by atoms with E-state index in [1.54, 1.807) is 0 Å². The van der Waals surface area contributed by atoms with Gasteiger partial charge in [0, 0.05) is 5.92 Å². The van der Waals surface area contributed by atoms with Crippen LogP contribution >= 0.6 is 11.6 Å². The van der Waals surface area contributed by atoms with E-state index in [1.165, 1.54) is 24.4 Å². The fourth-order valence-electron chi connectivity index (χ4n) is 1.78. The molecule has 0 spiro atoms. The van der Waals surface area contributed by atoms with Crippen molar-refractivity contribution in [2.24, 2.45) is 0 Å². The van der Waals surface area contributed by atoms with Crippen LogP contribution in [0.15, 0.2) is 29.4 Å². The van der Waals surface area contributed by atoms with Crippen molar-refractivity contribution < 1.29 is 18.3 Å². The number of sulfonamides is 1. The lowest BCUT2D eigenvalue weighted by atomic mass is 10.2. The molecule has 0 fully saturated rings. The van der Waals surface area contributed by atoms with Gasteiger partial charge in [-0.15, -0.1) is 0 Å². The summed E-state index contributed by atoms with van der Waals surface area (Å²) in [5, 5.41) is 8.95. The molecule has 0 aliphatic carbocycles. The van der Waals surface area contributed by atoms with E-state index in [9.17, 15) is 13.2 Å². The average molecular weight is 344 g/mol. The van der Waals surface area contributed by atoms with Crippen molar-refractivity contribution in [1.29, 1.82) is 0 Å². The molecule has 0 atom stereocenters. The Kier molecular flexibility index (Phi) is 4.43. The highest BCUT2D eigenvalue weighted by atomic mass is 35.5. The van der Waals surface area contributed by atoms with Gasteiger partial charge in [-0.3, -0.25) is 4.72 Å². The molecule has 0 saturated carbocycles. The van der Waals surface area contributed by atoms with E-state index < -0.39 is 16.0 Å². The monoisotopic (exact) mass is 343 g/mol. The Balaban J connectivity index is 2.41. The van der Waals surface area contributed by atoms with Crippen LogP contribution in [0, 0.1) is 0 Å². The third-order valence-corrected chi connectivity index (χ3v) is 4.47. The number of benzene rings is 1. The second kappa shape index (κ2) is 5.98. The normalized spacial score (nSPS) is 11.6. The number of nitrogens with one attached hydrogen (secondary N) is 2. The molecule has 0 radical (unpaired) electrons. The van der Waals surface area contributed by atoms with Crippen LogP contribution in [0.4, 0.5) is 5.69 Å². The number of aromatic carboxylic acids is 1. The van der Waals surface area contributed by atoms with Crippen LogP contribution < -0.4 is 4.72 Å². The summed E-state index contributed by atoms with van der Waals surface area (Å²) in [6.45, 7) is 3.73. The first kappa shape index (κ1) is 16.3. The maximum atomic E-state index is 12.3. The number of carbonyl (C=O) groups is 1. The average Bonchev–Trinajstić information content (AvgIpc) is 2.88. The zero-order valence-electron chi connectivity index (χ0n) is 11.8. The predicted molar refractivity (Wildman–Crippen MR) is 81.9 cm³/mol. The van der Waals surface area contributed by atoms with Gasteiger partial charge in [-0.05, 0) is 12.1 Å². The van der Waals surface area contributed by atoms with Gasteiger partial charge in [0.15, 0.2) is 5.03 Å². The molecule has 2 rings (SSSR count). The first-order valence-electron chi connectivity index (χ1n) is 6.32. The van der Waals surface area contributed by atoms with E-state index in [-0.39, 0.29) is 27.2 Å². The van der Waals surface area contributed by atoms with Crippen molar-refractivity contribution in [2.45, 2.75) is 24.8 Å². The molecule has 1 aromatic carbocycles. The minimum atomic E-state index is -3.99. The van der Waals surface area contributed by atoms with Gasteiger partial charge < -0.3 is 10.1 Å². The van der Waals surface area contributed by atoms with Crippen molar-refractivity contribution in [1.82, 2.24) is 9.97 Å². The van der Waals surface area contributed by atoms with E-state index >= 15 is 0 Å². The molecule has 0 amide bonds. The first-order valence-corrected chi connectivity index (χ1v) is 8.18. The van der Waals surface area contributed by atoms with Gasteiger partial charge in [0.05, 0.1) is 16.9 Å². The largest absolute Gasteiger partial charge is 0.478 e. The second-order valence-electron chi connectivity index (χ2n) is 4.86. The Labute approximate surface area is 132 Å². The molecule has 9 heteroatoms. The Morgan fingerprint density at radius 2 is 2.09 bits per heavy atom. The SMILES string of the molecule is CC(C)c1ncc(S(=O)(=O)Nc2cccc(Cl)c2C(=O)O)[nH]1. The number of hydrogen-bond acceptors (Lipinski definition) is 4. The lowest BCUT2D eigenvalue weighted by Gasteiger charge is -2.10. The number of nitrogens with zero attached hydrogens (tertiary/aromatic N) is 1. The van der Waals surface area contributed by atoms with Gasteiger partial charge in [0.2, 0.25) is 0 Å². The highest BCUT2D eigenvalue weighted by molar-refractivity contribution is 7.92. The molecule has 0 bridgehead atoms. The summed E-state index contributed by atoms with van der Waals surface area (Å²) in [6, 6.07) is 4.15. The Morgan fingerprint density at radius 1 is 1.41 bits per heavy atom. The van der Waals surface area contributed by atoms with Crippen molar-refractivity contribution in [3.63, 3.8) is 0 Å². The fourth-order valence-corrected chi connectivity index (χ4v) is 3.03. The zero-order valence-corrected chi connectivity index (χ0v) is 13.4. The number of hydrogen-bond donors (Lipinski definition) is 3. The molecule has 0 aliphatic heterocycles. The summed E-state index contributed by atoms with van der Waals surface area (Å²) < 4.78 is 26.8. The van der Waals surface area contributed by atoms with Crippen molar-refractivity contribution in [2.75, 3.05) is 4.72 Å². The minimum Gasteiger partial charge on any atom is -0.478 e. The van der Waals surface area contributed by atoms with Gasteiger partial charge in [-0.25, -0.2) is 9.78 Å². The van der Waals surface area contributed by atoms with Gasteiger partial charge >= 0.3 is 5.97 Å². The number of H-pyrrole nitrogens is 1. The van der Waals surface area contributed by atoms with Gasteiger partial charge in [-0.1, -0.05) is 31.5 Å². The summed E-state index contributed by atoms with van der Waals surface area (Å²) in [5.41, 5.74) is -0.419. The molecule has 7 nitrogen and oxygen atoms in total. The van der Waals surface area contributed by atoms with Crippen LogP contribution in [0.25, 0.3) is 0 Å². The summed E-state index contributed by atoms with van der Waals surface area (Å²) in [5.74, 6) is -0.773. The molecule has 3 N–H and O–H groups in total. The zero-order chi connectivity index (χ0) is 16.5. The van der Waals surface area contributed by atoms with Gasteiger partial charge in [-0.2, -0.15) is 8.42 Å². The second-order valence-corrected chi connectivity index (χ2v) is 6.92. The number of halogens is 1. The van der Waals surface area contributed by atoms with Crippen LogP contribution in [0.5, 0.6) is 0 Å². The minimum absolute atomic E-state index is 0.0321. The third kappa shape index (κ3) is 3.23. The maximum absolute atomic E-state index is 12.3. The molecule has 0 saturated heterocycles. The standard InChI is InChI=1S/C13H14ClN3O4S/c1-7(2)12-15-6-10(16-12)22(20,21)17-9-5-3-4-8(14)11(9)13(18)19/h3-7,17H,1-2H3,(H,15,16)(H,18,19). The molecule has 0 aliphatic rings. The van der Waals surface area contributed by atoms with E-state index in [1.807, 2.05) is 13.8 Å². The van der Waals surface area contributed by atoms with Crippen molar-refractivity contribution >= 4 is 33.3 Å². The summed E-state index contributed by atoms with van der Waals surface area (Å²) in [7, 11) is -3.99. The molecule has 118 valence electrons. The van der Waals surface area contributed by atoms with Gasteiger partial charge in [0.1, 0.15) is 11.4 Å². The van der Waals surface area contributed by atoms with E-state index in [0.717, 1.165) is 0 Å². The molecular formula is C13H14ClN3O4S. The van der Waals surface area contributed by atoms with Gasteiger partial charge in [0.25, 0.3) is 10.0 Å². The predicted octanol–water partition coefficient (Wildman–Crippen LogP) is 2.69. The lowest BCUT2D eigenvalue weighted by Crippen LogP contribution is -2.16. The Hall–Kier alpha value is -2.06. The molecule has 2 aromatic rings. The Bertz CT molecular complexity index is 814. The van der Waals surface area contributed by atoms with E-state index in [4.69, 9.17) is 16.7 Å². The van der Waals surface area contributed by atoms with Crippen molar-refractivity contribution in [3.8, 4) is 0 Å². The van der Waals surface area contributed by atoms with Crippen LogP contribution in [0.2, 0.25) is 5.02 Å². The van der Waals surface area contributed by atoms with Crippen LogP contribution in [0.3, 0.4) is 0 Å². The molecule has 1 aromatic heterocycles. The van der Waals surface area contributed by atoms with Crippen LogP contribution in [0.1, 0.15) is 35.9 Å². The molecule has 1 heterocycles. The first-order chi connectivity index (χ1) is 10.2. The fraction of sp³-hybridized carbons (Fsp3) is 0.231. The number of imidazole rings is 1. The number of carboxylic acid groups (broad SMARTS) is 1. The number of carboxylic acids is 1. The van der Waals surface area contributed by atoms with E-state index in [0.29, 0.717) is 5.82 Å². The quantitative estimate of drug-likeness (QED) is 0.772. The lowest BCUT2D eigenvalue weighted by molar-refractivity contribution is 0.0698. The molecule has 0 unspecified atom stereocenters. The highest BCUT2D eigenvalue weighted by Gasteiger charge is 2.22. The topological polar surface area (TPSA) is 112 Å². The molecule has 22 heavy (non-hydrogen) atoms. The molecular weight excluding hydrogens is 330 g/mol. The Morgan fingerprint density at radius 3 is 2.64 bits per heavy atom. The summed E-state index contributed by atoms with van der Waals surface area (Å²) in [4.78, 5) is 17.9. The number of anilines is 1. The smallest absolute Gasteiger partial charge is 0.339 e. The van der Waals surface area contributed by atoms with Crippen LogP contribution in [-0.4, -0.2) is 29.5 Å². The third-order valence-electron chi connectivity index (χ3n) is 2.88. The van der Waals surface area contributed by atoms with E-state index in [2.05, 4.69) is 14.7 Å².